The zero-order valence-electron chi connectivity index (χ0n) is 10.5. The molecule has 1 heterocycles. The summed E-state index contributed by atoms with van der Waals surface area (Å²) in [7, 11) is 0. The van der Waals surface area contributed by atoms with Crippen molar-refractivity contribution in [1.29, 1.82) is 0 Å². The molecule has 0 saturated carbocycles. The van der Waals surface area contributed by atoms with Crippen LogP contribution in [0.3, 0.4) is 0 Å². The molecule has 2 nitrogen and oxygen atoms in total. The van der Waals surface area contributed by atoms with Crippen LogP contribution in [-0.2, 0) is 12.8 Å². The van der Waals surface area contributed by atoms with Gasteiger partial charge in [0.2, 0.25) is 0 Å². The third-order valence-electron chi connectivity index (χ3n) is 2.86. The molecule has 2 aromatic rings. The number of benzene rings is 1. The van der Waals surface area contributed by atoms with Gasteiger partial charge in [-0.15, -0.1) is 0 Å². The number of aromatic nitrogens is 1. The Labute approximate surface area is 129 Å². The van der Waals surface area contributed by atoms with Crippen LogP contribution in [0.15, 0.2) is 45.5 Å². The Morgan fingerprint density at radius 1 is 1.21 bits per heavy atom. The fraction of sp³-hybridized carbons (Fsp3) is 0.200. The zero-order chi connectivity index (χ0) is 13.8. The van der Waals surface area contributed by atoms with Gasteiger partial charge in [0.25, 0.3) is 0 Å². The Bertz CT molecular complexity index is 594. The van der Waals surface area contributed by atoms with E-state index >= 15 is 0 Å². The summed E-state index contributed by atoms with van der Waals surface area (Å²) in [5.41, 5.74) is 2.66. The predicted molar refractivity (Wildman–Crippen MR) is 83.5 cm³/mol. The standard InChI is InChI=1S/C15H13Br2NO/c1-2-10-3-5-12(18-9-10)8-15(19)13-7-11(16)4-6-14(13)17/h3-7,9H,2,8H2,1H3. The van der Waals surface area contributed by atoms with Crippen molar-refractivity contribution >= 4 is 37.6 Å². The molecule has 1 aromatic carbocycles. The van der Waals surface area contributed by atoms with E-state index in [0.717, 1.165) is 21.1 Å². The smallest absolute Gasteiger partial charge is 0.169 e. The van der Waals surface area contributed by atoms with Gasteiger partial charge in [0.15, 0.2) is 5.78 Å². The van der Waals surface area contributed by atoms with Gasteiger partial charge in [0.05, 0.1) is 6.42 Å². The molecule has 0 N–H and O–H groups in total. The van der Waals surface area contributed by atoms with Crippen molar-refractivity contribution in [2.45, 2.75) is 19.8 Å². The molecule has 0 atom stereocenters. The van der Waals surface area contributed by atoms with E-state index in [1.54, 1.807) is 0 Å². The van der Waals surface area contributed by atoms with Crippen molar-refractivity contribution in [3.05, 3.63) is 62.3 Å². The Kier molecular flexibility index (Phi) is 4.88. The van der Waals surface area contributed by atoms with Crippen LogP contribution in [0.5, 0.6) is 0 Å². The van der Waals surface area contributed by atoms with Crippen molar-refractivity contribution in [3.8, 4) is 0 Å². The number of Topliss-reactive ketones (excluding diaryl/α,β-unsaturated/α-hetero) is 1. The summed E-state index contributed by atoms with van der Waals surface area (Å²) in [5.74, 6) is 0.0601. The van der Waals surface area contributed by atoms with Crippen molar-refractivity contribution < 1.29 is 4.79 Å². The van der Waals surface area contributed by atoms with Crippen LogP contribution in [0.25, 0.3) is 0 Å². The second kappa shape index (κ2) is 6.44. The fourth-order valence-corrected chi connectivity index (χ4v) is 2.57. The van der Waals surface area contributed by atoms with Gasteiger partial charge in [0, 0.05) is 26.4 Å². The van der Waals surface area contributed by atoms with Gasteiger partial charge in [-0.05, 0) is 36.2 Å². The highest BCUT2D eigenvalue weighted by molar-refractivity contribution is 9.11. The van der Waals surface area contributed by atoms with Crippen LogP contribution in [0.1, 0.15) is 28.5 Å². The van der Waals surface area contributed by atoms with Gasteiger partial charge >= 0.3 is 0 Å². The SMILES string of the molecule is CCc1ccc(CC(=O)c2cc(Br)ccc2Br)nc1. The number of carbonyl (C=O) groups excluding carboxylic acids is 1. The average Bonchev–Trinajstić information content (AvgIpc) is 2.42. The number of halogens is 2. The minimum Gasteiger partial charge on any atom is -0.294 e. The minimum absolute atomic E-state index is 0.0601. The molecule has 0 spiro atoms. The first-order chi connectivity index (χ1) is 9.10. The molecule has 0 saturated heterocycles. The zero-order valence-corrected chi connectivity index (χ0v) is 13.7. The lowest BCUT2D eigenvalue weighted by molar-refractivity contribution is 0.0991. The normalized spacial score (nSPS) is 10.5. The van der Waals surface area contributed by atoms with Gasteiger partial charge in [0.1, 0.15) is 0 Å². The number of hydrogen-bond acceptors (Lipinski definition) is 2. The first-order valence-electron chi connectivity index (χ1n) is 6.02. The molecule has 0 aliphatic heterocycles. The minimum atomic E-state index is 0.0601. The number of hydrogen-bond donors (Lipinski definition) is 0. The topological polar surface area (TPSA) is 30.0 Å². The maximum Gasteiger partial charge on any atom is 0.169 e. The van der Waals surface area contributed by atoms with Gasteiger partial charge in [-0.1, -0.05) is 44.8 Å². The summed E-state index contributed by atoms with van der Waals surface area (Å²) < 4.78 is 1.71. The fourth-order valence-electron chi connectivity index (χ4n) is 1.74. The maximum atomic E-state index is 12.3. The highest BCUT2D eigenvalue weighted by Crippen LogP contribution is 2.22. The summed E-state index contributed by atoms with van der Waals surface area (Å²) in [6, 6.07) is 9.53. The third kappa shape index (κ3) is 3.74. The first-order valence-corrected chi connectivity index (χ1v) is 7.61. The van der Waals surface area contributed by atoms with E-state index in [-0.39, 0.29) is 5.78 Å². The lowest BCUT2D eigenvalue weighted by Crippen LogP contribution is -2.06. The number of pyridine rings is 1. The second-order valence-corrected chi connectivity index (χ2v) is 6.01. The van der Waals surface area contributed by atoms with E-state index in [2.05, 4.69) is 43.8 Å². The monoisotopic (exact) mass is 381 g/mol. The second-order valence-electron chi connectivity index (χ2n) is 4.24. The lowest BCUT2D eigenvalue weighted by atomic mass is 10.1. The van der Waals surface area contributed by atoms with Gasteiger partial charge in [-0.25, -0.2) is 0 Å². The summed E-state index contributed by atoms with van der Waals surface area (Å²) >= 11 is 6.79. The number of rotatable bonds is 4. The highest BCUT2D eigenvalue weighted by Gasteiger charge is 2.12. The Hall–Kier alpha value is -1.00. The van der Waals surface area contributed by atoms with E-state index in [1.807, 2.05) is 36.5 Å². The van der Waals surface area contributed by atoms with Gasteiger partial charge in [-0.3, -0.25) is 9.78 Å². The van der Waals surface area contributed by atoms with Gasteiger partial charge in [-0.2, -0.15) is 0 Å². The molecule has 19 heavy (non-hydrogen) atoms. The molecule has 0 aliphatic carbocycles. The third-order valence-corrected chi connectivity index (χ3v) is 4.05. The summed E-state index contributed by atoms with van der Waals surface area (Å²) in [4.78, 5) is 16.6. The first kappa shape index (κ1) is 14.4. The van der Waals surface area contributed by atoms with E-state index in [1.165, 1.54) is 5.56 Å². The summed E-state index contributed by atoms with van der Waals surface area (Å²) in [5, 5.41) is 0. The van der Waals surface area contributed by atoms with E-state index < -0.39 is 0 Å². The molecule has 4 heteroatoms. The molecular formula is C15H13Br2NO. The summed E-state index contributed by atoms with van der Waals surface area (Å²) in [6.07, 6.45) is 3.11. The van der Waals surface area contributed by atoms with E-state index in [0.29, 0.717) is 12.0 Å². The van der Waals surface area contributed by atoms with Crippen molar-refractivity contribution in [1.82, 2.24) is 4.98 Å². The Balaban J connectivity index is 2.18. The van der Waals surface area contributed by atoms with Crippen molar-refractivity contribution in [2.75, 3.05) is 0 Å². The number of aryl methyl sites for hydroxylation is 1. The van der Waals surface area contributed by atoms with Crippen molar-refractivity contribution in [2.24, 2.45) is 0 Å². The molecule has 0 unspecified atom stereocenters. The van der Waals surface area contributed by atoms with Crippen LogP contribution >= 0.6 is 31.9 Å². The largest absolute Gasteiger partial charge is 0.294 e. The molecule has 0 fully saturated rings. The molecule has 98 valence electrons. The molecule has 0 radical (unpaired) electrons. The predicted octanol–water partition coefficient (Wildman–Crippen LogP) is 4.59. The molecule has 0 bridgehead atoms. The molecule has 0 aliphatic rings. The number of ketones is 1. The lowest BCUT2D eigenvalue weighted by Gasteiger charge is -2.05. The quantitative estimate of drug-likeness (QED) is 0.723. The number of nitrogens with zero attached hydrogens (tertiary/aromatic N) is 1. The Morgan fingerprint density at radius 3 is 2.63 bits per heavy atom. The van der Waals surface area contributed by atoms with Crippen LogP contribution < -0.4 is 0 Å². The molecule has 0 amide bonds. The highest BCUT2D eigenvalue weighted by atomic mass is 79.9. The summed E-state index contributed by atoms with van der Waals surface area (Å²) in [6.45, 7) is 2.08. The number of carbonyl (C=O) groups is 1. The van der Waals surface area contributed by atoms with Crippen molar-refractivity contribution in [3.63, 3.8) is 0 Å². The van der Waals surface area contributed by atoms with E-state index in [4.69, 9.17) is 0 Å². The van der Waals surface area contributed by atoms with E-state index in [9.17, 15) is 4.79 Å². The maximum absolute atomic E-state index is 12.3. The van der Waals surface area contributed by atoms with Crippen LogP contribution in [0, 0.1) is 0 Å². The molecule has 1 aromatic heterocycles. The molecule has 2 rings (SSSR count). The van der Waals surface area contributed by atoms with Crippen LogP contribution in [-0.4, -0.2) is 10.8 Å². The molecular weight excluding hydrogens is 370 g/mol. The van der Waals surface area contributed by atoms with Gasteiger partial charge < -0.3 is 0 Å². The Morgan fingerprint density at radius 2 is 2.00 bits per heavy atom. The average molecular weight is 383 g/mol. The van der Waals surface area contributed by atoms with Crippen LogP contribution in [0.4, 0.5) is 0 Å². The van der Waals surface area contributed by atoms with Crippen LogP contribution in [0.2, 0.25) is 0 Å².